The van der Waals surface area contributed by atoms with Gasteiger partial charge in [-0.05, 0) is 37.1 Å². The molecule has 1 saturated carbocycles. The monoisotopic (exact) mass is 437 g/mol. The van der Waals surface area contributed by atoms with E-state index in [1.807, 2.05) is 41.9 Å². The molecule has 9 heteroatoms. The van der Waals surface area contributed by atoms with Gasteiger partial charge in [0.15, 0.2) is 22.5 Å². The maximum atomic E-state index is 12.5. The van der Waals surface area contributed by atoms with Crippen LogP contribution in [0.5, 0.6) is 11.5 Å². The summed E-state index contributed by atoms with van der Waals surface area (Å²) in [6, 6.07) is 9.32. The minimum absolute atomic E-state index is 0.123. The van der Waals surface area contributed by atoms with E-state index in [1.165, 1.54) is 18.2 Å². The van der Waals surface area contributed by atoms with Crippen LogP contribution in [-0.4, -0.2) is 37.2 Å². The lowest BCUT2D eigenvalue weighted by atomic mass is 9.94. The largest absolute Gasteiger partial charge is 0.448 e. The molecule has 0 radical (unpaired) electrons. The van der Waals surface area contributed by atoms with Gasteiger partial charge >= 0.3 is 0 Å². The highest BCUT2D eigenvalue weighted by Crippen LogP contribution is 2.46. The number of fused-ring (bicyclic) bond motifs is 1. The predicted molar refractivity (Wildman–Crippen MR) is 117 cm³/mol. The maximum absolute atomic E-state index is 12.5. The molecular formula is C22H23N5O3S. The smallest absolute Gasteiger partial charge is 0.251 e. The average Bonchev–Trinajstić information content (AvgIpc) is 3.32. The fraction of sp³-hybridized carbons (Fsp3) is 0.364. The molecule has 0 saturated heterocycles. The second-order valence-electron chi connectivity index (χ2n) is 7.78. The fourth-order valence-electron chi connectivity index (χ4n) is 3.98. The predicted octanol–water partition coefficient (Wildman–Crippen LogP) is 4.04. The Kier molecular flexibility index (Phi) is 5.27. The van der Waals surface area contributed by atoms with E-state index in [1.54, 1.807) is 12.4 Å². The molecule has 0 bridgehead atoms. The van der Waals surface area contributed by atoms with Crippen molar-refractivity contribution >= 4 is 23.4 Å². The van der Waals surface area contributed by atoms with Gasteiger partial charge in [0.2, 0.25) is 5.91 Å². The van der Waals surface area contributed by atoms with Crippen molar-refractivity contribution in [3.63, 3.8) is 0 Å². The number of aromatic nitrogens is 4. The lowest BCUT2D eigenvalue weighted by Crippen LogP contribution is -2.40. The summed E-state index contributed by atoms with van der Waals surface area (Å²) >= 11 is 1.33. The van der Waals surface area contributed by atoms with Crippen LogP contribution in [0.4, 0.5) is 5.69 Å². The van der Waals surface area contributed by atoms with E-state index in [4.69, 9.17) is 9.47 Å². The highest BCUT2D eigenvalue weighted by molar-refractivity contribution is 7.99. The molecule has 31 heavy (non-hydrogen) atoms. The van der Waals surface area contributed by atoms with Crippen molar-refractivity contribution in [2.75, 3.05) is 11.1 Å². The number of pyridine rings is 1. The van der Waals surface area contributed by atoms with Gasteiger partial charge in [-0.15, -0.1) is 10.2 Å². The highest BCUT2D eigenvalue weighted by atomic mass is 32.2. The van der Waals surface area contributed by atoms with Crippen molar-refractivity contribution < 1.29 is 14.3 Å². The Morgan fingerprint density at radius 1 is 1.16 bits per heavy atom. The Balaban J connectivity index is 1.20. The minimum Gasteiger partial charge on any atom is -0.448 e. The Morgan fingerprint density at radius 2 is 2.00 bits per heavy atom. The first-order chi connectivity index (χ1) is 15.1. The second kappa shape index (κ2) is 8.22. The third-order valence-corrected chi connectivity index (χ3v) is 6.54. The van der Waals surface area contributed by atoms with E-state index in [0.29, 0.717) is 22.4 Å². The van der Waals surface area contributed by atoms with Crippen LogP contribution in [0.3, 0.4) is 0 Å². The minimum atomic E-state index is -0.518. The van der Waals surface area contributed by atoms with Gasteiger partial charge < -0.3 is 19.4 Å². The summed E-state index contributed by atoms with van der Waals surface area (Å²) in [5.74, 6) is 1.73. The number of thioether (sulfide) groups is 1. The lowest BCUT2D eigenvalue weighted by Gasteiger charge is -2.31. The van der Waals surface area contributed by atoms with Crippen LogP contribution >= 0.6 is 11.8 Å². The van der Waals surface area contributed by atoms with Gasteiger partial charge in [0.1, 0.15) is 0 Å². The van der Waals surface area contributed by atoms with Gasteiger partial charge in [-0.2, -0.15) is 0 Å². The summed E-state index contributed by atoms with van der Waals surface area (Å²) in [5.41, 5.74) is 1.57. The zero-order chi connectivity index (χ0) is 21.3. The normalized spacial score (nSPS) is 16.4. The summed E-state index contributed by atoms with van der Waals surface area (Å²) in [6.07, 6.45) is 8.70. The number of carbonyl (C=O) groups is 1. The Morgan fingerprint density at radius 3 is 2.81 bits per heavy atom. The van der Waals surface area contributed by atoms with Gasteiger partial charge in [0, 0.05) is 49.6 Å². The quantitative estimate of drug-likeness (QED) is 0.602. The first-order valence-electron chi connectivity index (χ1n) is 10.4. The summed E-state index contributed by atoms with van der Waals surface area (Å²) in [5, 5.41) is 12.0. The van der Waals surface area contributed by atoms with Crippen LogP contribution in [0.15, 0.2) is 47.9 Å². The molecule has 1 aromatic carbocycles. The van der Waals surface area contributed by atoms with Gasteiger partial charge in [-0.25, -0.2) is 0 Å². The number of hydrogen-bond donors (Lipinski definition) is 1. The molecular weight excluding hydrogens is 414 g/mol. The van der Waals surface area contributed by atoms with Crippen LogP contribution in [0.2, 0.25) is 0 Å². The molecule has 0 atom stereocenters. The molecule has 1 spiro atoms. The van der Waals surface area contributed by atoms with Gasteiger partial charge in [0.05, 0.1) is 5.75 Å². The van der Waals surface area contributed by atoms with E-state index in [0.717, 1.165) is 37.0 Å². The third-order valence-electron chi connectivity index (χ3n) is 5.52. The van der Waals surface area contributed by atoms with Crippen molar-refractivity contribution in [3.05, 3.63) is 42.7 Å². The number of hydrogen-bond acceptors (Lipinski definition) is 7. The van der Waals surface area contributed by atoms with Crippen LogP contribution < -0.4 is 14.8 Å². The first kappa shape index (κ1) is 19.9. The van der Waals surface area contributed by atoms with Crippen molar-refractivity contribution in [1.29, 1.82) is 0 Å². The van der Waals surface area contributed by atoms with E-state index in [9.17, 15) is 4.79 Å². The number of amides is 1. The van der Waals surface area contributed by atoms with Gasteiger partial charge in [-0.1, -0.05) is 18.2 Å². The van der Waals surface area contributed by atoms with Crippen LogP contribution in [0.1, 0.15) is 32.1 Å². The van der Waals surface area contributed by atoms with Gasteiger partial charge in [0.25, 0.3) is 5.79 Å². The Hall–Kier alpha value is -3.07. The number of carbonyl (C=O) groups excluding carboxylic acids is 1. The lowest BCUT2D eigenvalue weighted by molar-refractivity contribution is -0.113. The highest BCUT2D eigenvalue weighted by Gasteiger charge is 2.42. The Labute approximate surface area is 184 Å². The molecule has 3 aromatic rings. The summed E-state index contributed by atoms with van der Waals surface area (Å²) in [6.45, 7) is 0. The van der Waals surface area contributed by atoms with Crippen LogP contribution in [0.25, 0.3) is 11.4 Å². The first-order valence-corrected chi connectivity index (χ1v) is 11.3. The van der Waals surface area contributed by atoms with E-state index in [2.05, 4.69) is 20.5 Å². The third kappa shape index (κ3) is 4.10. The van der Waals surface area contributed by atoms with Crippen LogP contribution in [0, 0.1) is 0 Å². The maximum Gasteiger partial charge on any atom is 0.251 e. The zero-order valence-corrected chi connectivity index (χ0v) is 18.0. The molecule has 1 aliphatic heterocycles. The van der Waals surface area contributed by atoms with Crippen LogP contribution in [-0.2, 0) is 11.8 Å². The van der Waals surface area contributed by atoms with Crippen molar-refractivity contribution in [2.45, 2.75) is 43.0 Å². The molecule has 0 unspecified atom stereocenters. The average molecular weight is 438 g/mol. The molecule has 1 aliphatic carbocycles. The number of nitrogens with zero attached hydrogens (tertiary/aromatic N) is 4. The summed E-state index contributed by atoms with van der Waals surface area (Å²) < 4.78 is 14.1. The molecule has 1 N–H and O–H groups in total. The number of anilines is 1. The molecule has 1 amide bonds. The second-order valence-corrected chi connectivity index (χ2v) is 8.72. The van der Waals surface area contributed by atoms with E-state index in [-0.39, 0.29) is 11.7 Å². The molecule has 2 aromatic heterocycles. The fourth-order valence-corrected chi connectivity index (χ4v) is 4.69. The standard InChI is InChI=1S/C22H23N5O3S/c1-27-20(15-6-5-11-23-13-15)25-26-21(27)31-14-19(28)24-16-7-8-17-18(12-16)30-22(29-17)9-3-2-4-10-22/h5-8,11-13H,2-4,9-10,14H2,1H3,(H,24,28). The zero-order valence-electron chi connectivity index (χ0n) is 17.2. The van der Waals surface area contributed by atoms with Crippen molar-refractivity contribution in [1.82, 2.24) is 19.7 Å². The molecule has 1 fully saturated rings. The molecule has 5 rings (SSSR count). The molecule has 3 heterocycles. The van der Waals surface area contributed by atoms with Gasteiger partial charge in [-0.3, -0.25) is 9.78 Å². The molecule has 160 valence electrons. The number of ether oxygens (including phenoxy) is 2. The number of nitrogens with one attached hydrogen (secondary N) is 1. The summed E-state index contributed by atoms with van der Waals surface area (Å²) in [4.78, 5) is 16.6. The van der Waals surface area contributed by atoms with E-state index < -0.39 is 5.79 Å². The van der Waals surface area contributed by atoms with Crippen molar-refractivity contribution in [3.8, 4) is 22.9 Å². The van der Waals surface area contributed by atoms with Crippen molar-refractivity contribution in [2.24, 2.45) is 7.05 Å². The molecule has 8 nitrogen and oxygen atoms in total. The van der Waals surface area contributed by atoms with E-state index >= 15 is 0 Å². The number of benzene rings is 1. The number of rotatable bonds is 5. The molecule has 2 aliphatic rings. The summed E-state index contributed by atoms with van der Waals surface area (Å²) in [7, 11) is 1.88. The Bertz CT molecular complexity index is 1100. The SMILES string of the molecule is Cn1c(SCC(=O)Nc2ccc3c(c2)OC2(CCCCC2)O3)nnc1-c1cccnc1. The topological polar surface area (TPSA) is 91.2 Å².